The fourth-order valence-corrected chi connectivity index (χ4v) is 4.32. The first-order valence-corrected chi connectivity index (χ1v) is 10.5. The molecule has 1 fully saturated rings. The van der Waals surface area contributed by atoms with Gasteiger partial charge in [0.15, 0.2) is 11.5 Å². The van der Waals surface area contributed by atoms with Gasteiger partial charge in [0.05, 0.1) is 11.6 Å². The average molecular weight is 443 g/mol. The lowest BCUT2D eigenvalue weighted by Gasteiger charge is -2.33. The predicted octanol–water partition coefficient (Wildman–Crippen LogP) is 0.972. The van der Waals surface area contributed by atoms with E-state index in [9.17, 15) is 18.0 Å². The summed E-state index contributed by atoms with van der Waals surface area (Å²) in [6.45, 7) is 2.55. The van der Waals surface area contributed by atoms with Crippen LogP contribution in [0.15, 0.2) is 33.8 Å². The van der Waals surface area contributed by atoms with Crippen LogP contribution in [0.2, 0.25) is 5.02 Å². The minimum absolute atomic E-state index is 0.0451. The molecule has 0 bridgehead atoms. The molecule has 2 N–H and O–H groups in total. The summed E-state index contributed by atoms with van der Waals surface area (Å²) >= 11 is 6.10. The van der Waals surface area contributed by atoms with E-state index in [1.54, 1.807) is 13.0 Å². The molecule has 156 valence electrons. The van der Waals surface area contributed by atoms with Gasteiger partial charge in [-0.05, 0) is 25.1 Å². The normalized spacial score (nSPS) is 15.3. The summed E-state index contributed by atoms with van der Waals surface area (Å²) in [5, 5.41) is -0.191. The number of nitrogens with two attached hydrogens (primary N) is 1. The largest absolute Gasteiger partial charge is 0.478 e. The van der Waals surface area contributed by atoms with Gasteiger partial charge in [0.25, 0.3) is 21.8 Å². The summed E-state index contributed by atoms with van der Waals surface area (Å²) in [6, 6.07) is 5.47. The van der Waals surface area contributed by atoms with Gasteiger partial charge in [0.1, 0.15) is 0 Å². The molecule has 2 amide bonds. The highest BCUT2D eigenvalue weighted by Gasteiger charge is 2.33. The van der Waals surface area contributed by atoms with Gasteiger partial charge >= 0.3 is 0 Å². The Kier molecular flexibility index (Phi) is 6.10. The van der Waals surface area contributed by atoms with Gasteiger partial charge in [-0.2, -0.15) is 4.31 Å². The van der Waals surface area contributed by atoms with Crippen molar-refractivity contribution in [2.24, 2.45) is 5.73 Å². The highest BCUT2D eigenvalue weighted by atomic mass is 35.5. The van der Waals surface area contributed by atoms with Crippen molar-refractivity contribution in [3.8, 4) is 5.88 Å². The number of nitrogens with zero attached hydrogens (tertiary/aromatic N) is 3. The number of hydrogen-bond donors (Lipinski definition) is 1. The maximum atomic E-state index is 12.8. The Balaban J connectivity index is 1.70. The van der Waals surface area contributed by atoms with Gasteiger partial charge in [0.2, 0.25) is 11.0 Å². The number of carbonyl (C=O) groups excluding carboxylic acids is 2. The zero-order chi connectivity index (χ0) is 21.2. The van der Waals surface area contributed by atoms with E-state index < -0.39 is 21.8 Å². The average Bonchev–Trinajstić information content (AvgIpc) is 3.21. The molecule has 12 heteroatoms. The number of carbonyl (C=O) groups is 2. The lowest BCUT2D eigenvalue weighted by molar-refractivity contribution is 0.0689. The van der Waals surface area contributed by atoms with Gasteiger partial charge < -0.3 is 19.8 Å². The fraction of sp³-hybridized carbons (Fsp3) is 0.353. The zero-order valence-corrected chi connectivity index (χ0v) is 17.1. The van der Waals surface area contributed by atoms with Gasteiger partial charge in [-0.25, -0.2) is 13.4 Å². The van der Waals surface area contributed by atoms with E-state index >= 15 is 0 Å². The van der Waals surface area contributed by atoms with E-state index in [1.165, 1.54) is 27.4 Å². The second-order valence-electron chi connectivity index (χ2n) is 6.09. The number of piperazine rings is 1. The molecule has 10 nitrogen and oxygen atoms in total. The summed E-state index contributed by atoms with van der Waals surface area (Å²) < 4.78 is 36.8. The number of ether oxygens (including phenoxy) is 1. The summed E-state index contributed by atoms with van der Waals surface area (Å²) in [6.07, 6.45) is 0. The lowest BCUT2D eigenvalue weighted by atomic mass is 10.2. The first-order chi connectivity index (χ1) is 13.7. The summed E-state index contributed by atoms with van der Waals surface area (Å²) in [4.78, 5) is 29.5. The summed E-state index contributed by atoms with van der Waals surface area (Å²) in [5.74, 6) is -1.24. The Morgan fingerprint density at radius 2 is 1.90 bits per heavy atom. The van der Waals surface area contributed by atoms with Crippen LogP contribution in [0.1, 0.15) is 28.0 Å². The molecule has 0 aliphatic carbocycles. The molecule has 3 heterocycles. The van der Waals surface area contributed by atoms with Crippen LogP contribution in [0.25, 0.3) is 0 Å². The summed E-state index contributed by atoms with van der Waals surface area (Å²) in [7, 11) is -3.95. The van der Waals surface area contributed by atoms with Crippen molar-refractivity contribution in [2.75, 3.05) is 32.8 Å². The maximum absolute atomic E-state index is 12.8. The number of hydrogen-bond acceptors (Lipinski definition) is 7. The molecular formula is C17H19ClN4O6S. The SMILES string of the molecule is CCOc1ccc(Cl)c(C(=O)N2CCN(S(=O)(=O)c3ccc(C(N)=O)o3)CC2)n1. The molecule has 1 aliphatic heterocycles. The smallest absolute Gasteiger partial charge is 0.284 e. The van der Waals surface area contributed by atoms with E-state index in [1.807, 2.05) is 0 Å². The van der Waals surface area contributed by atoms with Crippen LogP contribution in [0.5, 0.6) is 5.88 Å². The molecule has 0 saturated carbocycles. The number of pyridine rings is 1. The van der Waals surface area contributed by atoms with E-state index in [-0.39, 0.29) is 53.6 Å². The lowest BCUT2D eigenvalue weighted by Crippen LogP contribution is -2.50. The van der Waals surface area contributed by atoms with Crippen LogP contribution in [-0.2, 0) is 10.0 Å². The van der Waals surface area contributed by atoms with Crippen LogP contribution in [0.3, 0.4) is 0 Å². The van der Waals surface area contributed by atoms with Crippen molar-refractivity contribution in [3.63, 3.8) is 0 Å². The first kappa shape index (κ1) is 21.1. The molecule has 0 spiro atoms. The number of primary amides is 1. The third-order valence-electron chi connectivity index (χ3n) is 4.26. The minimum atomic E-state index is -3.95. The highest BCUT2D eigenvalue weighted by molar-refractivity contribution is 7.89. The zero-order valence-electron chi connectivity index (χ0n) is 15.5. The number of aromatic nitrogens is 1. The topological polar surface area (TPSA) is 136 Å². The van der Waals surface area contributed by atoms with Crippen molar-refractivity contribution >= 4 is 33.4 Å². The molecular weight excluding hydrogens is 424 g/mol. The van der Waals surface area contributed by atoms with E-state index in [2.05, 4.69) is 4.98 Å². The van der Waals surface area contributed by atoms with Crippen molar-refractivity contribution in [2.45, 2.75) is 12.0 Å². The fourth-order valence-electron chi connectivity index (χ4n) is 2.80. The maximum Gasteiger partial charge on any atom is 0.284 e. The van der Waals surface area contributed by atoms with Crippen LogP contribution in [-0.4, -0.2) is 67.2 Å². The molecule has 0 unspecified atom stereocenters. The summed E-state index contributed by atoms with van der Waals surface area (Å²) in [5.41, 5.74) is 5.13. The molecule has 2 aromatic heterocycles. The van der Waals surface area contributed by atoms with Crippen LogP contribution < -0.4 is 10.5 Å². The third kappa shape index (κ3) is 4.36. The van der Waals surface area contributed by atoms with Crippen molar-refractivity contribution in [1.29, 1.82) is 0 Å². The Morgan fingerprint density at radius 1 is 1.21 bits per heavy atom. The van der Waals surface area contributed by atoms with Crippen LogP contribution in [0.4, 0.5) is 0 Å². The van der Waals surface area contributed by atoms with Gasteiger partial charge in [0, 0.05) is 32.2 Å². The minimum Gasteiger partial charge on any atom is -0.478 e. The highest BCUT2D eigenvalue weighted by Crippen LogP contribution is 2.23. The Hall–Kier alpha value is -2.63. The second-order valence-corrected chi connectivity index (χ2v) is 8.37. The van der Waals surface area contributed by atoms with E-state index in [4.69, 9.17) is 26.5 Å². The first-order valence-electron chi connectivity index (χ1n) is 8.72. The standard InChI is InChI=1S/C17H19ClN4O6S/c1-2-27-13-5-3-11(18)15(20-13)17(24)21-7-9-22(10-8-21)29(25,26)14-6-4-12(28-14)16(19)23/h3-6H,2,7-10H2,1H3,(H2,19,23). The molecule has 0 radical (unpaired) electrons. The quantitative estimate of drug-likeness (QED) is 0.703. The molecule has 1 aliphatic rings. The monoisotopic (exact) mass is 442 g/mol. The number of amides is 2. The number of furan rings is 1. The Labute approximate surface area is 172 Å². The van der Waals surface area contributed by atoms with Crippen LogP contribution in [0, 0.1) is 0 Å². The van der Waals surface area contributed by atoms with Gasteiger partial charge in [-0.1, -0.05) is 11.6 Å². The number of sulfonamides is 1. The van der Waals surface area contributed by atoms with E-state index in [0.29, 0.717) is 6.61 Å². The van der Waals surface area contributed by atoms with Gasteiger partial charge in [-0.3, -0.25) is 9.59 Å². The van der Waals surface area contributed by atoms with Crippen molar-refractivity contribution in [3.05, 3.63) is 40.7 Å². The molecule has 2 aromatic rings. The molecule has 3 rings (SSSR count). The molecule has 0 aromatic carbocycles. The predicted molar refractivity (Wildman–Crippen MR) is 102 cm³/mol. The molecule has 29 heavy (non-hydrogen) atoms. The van der Waals surface area contributed by atoms with Crippen molar-refractivity contribution < 1.29 is 27.2 Å². The third-order valence-corrected chi connectivity index (χ3v) is 6.34. The second kappa shape index (κ2) is 8.39. The van der Waals surface area contributed by atoms with E-state index in [0.717, 1.165) is 0 Å². The van der Waals surface area contributed by atoms with Crippen molar-refractivity contribution in [1.82, 2.24) is 14.2 Å². The number of halogens is 1. The molecule has 1 saturated heterocycles. The number of rotatable bonds is 6. The Morgan fingerprint density at radius 3 is 2.48 bits per heavy atom. The Bertz CT molecular complexity index is 1030. The van der Waals surface area contributed by atoms with Gasteiger partial charge in [-0.15, -0.1) is 0 Å². The molecule has 0 atom stereocenters. The van der Waals surface area contributed by atoms with Crippen LogP contribution >= 0.6 is 11.6 Å².